The van der Waals surface area contributed by atoms with Crippen molar-refractivity contribution >= 4 is 33.5 Å². The molecule has 1 amide bonds. The van der Waals surface area contributed by atoms with E-state index in [4.69, 9.17) is 4.74 Å². The summed E-state index contributed by atoms with van der Waals surface area (Å²) in [4.78, 5) is 26.8. The Morgan fingerprint density at radius 1 is 1.04 bits per heavy atom. The van der Waals surface area contributed by atoms with Crippen LogP contribution in [-0.2, 0) is 14.3 Å². The summed E-state index contributed by atoms with van der Waals surface area (Å²) in [6.07, 6.45) is 0.254. The van der Waals surface area contributed by atoms with Crippen molar-refractivity contribution in [2.24, 2.45) is 0 Å². The molecule has 0 spiro atoms. The Morgan fingerprint density at radius 2 is 1.83 bits per heavy atom. The number of halogens is 1. The summed E-state index contributed by atoms with van der Waals surface area (Å²) in [5, 5.41) is 0. The van der Waals surface area contributed by atoms with Gasteiger partial charge in [-0.15, -0.1) is 0 Å². The Morgan fingerprint density at radius 3 is 2.58 bits per heavy atom. The zero-order chi connectivity index (χ0) is 16.7. The molecule has 0 saturated carbocycles. The van der Waals surface area contributed by atoms with E-state index in [9.17, 15) is 9.59 Å². The Bertz CT molecular complexity index is 860. The number of esters is 1. The number of cyclic esters (lactones) is 1. The minimum Gasteiger partial charge on any atom is -0.456 e. The van der Waals surface area contributed by atoms with Crippen molar-refractivity contribution in [3.8, 4) is 0 Å². The number of benzene rings is 2. The third kappa shape index (κ3) is 2.45. The van der Waals surface area contributed by atoms with Crippen LogP contribution < -0.4 is 4.90 Å². The molecule has 0 aromatic heterocycles. The second kappa shape index (κ2) is 5.91. The third-order valence-corrected chi connectivity index (χ3v) is 4.88. The van der Waals surface area contributed by atoms with Gasteiger partial charge < -0.3 is 4.74 Å². The van der Waals surface area contributed by atoms with E-state index in [1.807, 2.05) is 54.6 Å². The summed E-state index contributed by atoms with van der Waals surface area (Å²) >= 11 is 3.43. The largest absolute Gasteiger partial charge is 0.456 e. The fourth-order valence-electron chi connectivity index (χ4n) is 3.34. The number of anilines is 1. The van der Waals surface area contributed by atoms with Crippen LogP contribution in [0.2, 0.25) is 0 Å². The normalized spacial score (nSPS) is 20.2. The van der Waals surface area contributed by atoms with Crippen LogP contribution in [-0.4, -0.2) is 18.5 Å². The van der Waals surface area contributed by atoms with Crippen LogP contribution in [0.4, 0.5) is 5.69 Å². The summed E-state index contributed by atoms with van der Waals surface area (Å²) in [6.45, 7) is 0.135. The SMILES string of the molecule is O=C1OCC2=C1[C@H](c1ccccc1)CC(=O)N2c1cccc(Br)c1. The summed E-state index contributed by atoms with van der Waals surface area (Å²) in [6, 6.07) is 17.1. The first-order valence-electron chi connectivity index (χ1n) is 7.69. The summed E-state index contributed by atoms with van der Waals surface area (Å²) in [5.74, 6) is -0.600. The van der Waals surface area contributed by atoms with Crippen molar-refractivity contribution in [1.82, 2.24) is 0 Å². The molecule has 4 nitrogen and oxygen atoms in total. The van der Waals surface area contributed by atoms with E-state index in [2.05, 4.69) is 15.9 Å². The van der Waals surface area contributed by atoms with Gasteiger partial charge in [-0.2, -0.15) is 0 Å². The number of amides is 1. The second-order valence-electron chi connectivity index (χ2n) is 5.81. The molecular weight excluding hydrogens is 370 g/mol. The zero-order valence-corrected chi connectivity index (χ0v) is 14.3. The molecule has 0 unspecified atom stereocenters. The molecule has 2 aromatic rings. The molecule has 120 valence electrons. The number of nitrogens with zero attached hydrogens (tertiary/aromatic N) is 1. The predicted octanol–water partition coefficient (Wildman–Crippen LogP) is 3.78. The maximum atomic E-state index is 12.8. The first kappa shape index (κ1) is 15.1. The standard InChI is InChI=1S/C19H14BrNO3/c20-13-7-4-8-14(9-13)21-16-11-24-19(23)18(16)15(10-17(21)22)12-5-2-1-3-6-12/h1-9,15H,10-11H2/t15-/m0/s1. The summed E-state index contributed by atoms with van der Waals surface area (Å²) < 4.78 is 6.14. The molecule has 0 radical (unpaired) electrons. The van der Waals surface area contributed by atoms with E-state index in [0.29, 0.717) is 11.3 Å². The lowest BCUT2D eigenvalue weighted by Crippen LogP contribution is -2.37. The van der Waals surface area contributed by atoms with Gasteiger partial charge in [0.15, 0.2) is 0 Å². The molecule has 4 rings (SSSR count). The maximum Gasteiger partial charge on any atom is 0.336 e. The molecule has 0 fully saturated rings. The summed E-state index contributed by atoms with van der Waals surface area (Å²) in [5.41, 5.74) is 2.96. The van der Waals surface area contributed by atoms with Crippen molar-refractivity contribution in [2.75, 3.05) is 11.5 Å². The molecule has 0 aliphatic carbocycles. The zero-order valence-electron chi connectivity index (χ0n) is 12.7. The maximum absolute atomic E-state index is 12.8. The smallest absolute Gasteiger partial charge is 0.336 e. The van der Waals surface area contributed by atoms with E-state index in [1.165, 1.54) is 0 Å². The fraction of sp³-hybridized carbons (Fsp3) is 0.158. The van der Waals surface area contributed by atoms with Gasteiger partial charge in [-0.25, -0.2) is 4.79 Å². The van der Waals surface area contributed by atoms with Crippen LogP contribution >= 0.6 is 15.9 Å². The van der Waals surface area contributed by atoms with Crippen molar-refractivity contribution in [1.29, 1.82) is 0 Å². The number of hydrogen-bond donors (Lipinski definition) is 0. The van der Waals surface area contributed by atoms with Gasteiger partial charge in [0.25, 0.3) is 0 Å². The Balaban J connectivity index is 1.84. The highest BCUT2D eigenvalue weighted by Crippen LogP contribution is 2.41. The number of carbonyl (C=O) groups excluding carboxylic acids is 2. The number of ether oxygens (including phenoxy) is 1. The highest BCUT2D eigenvalue weighted by molar-refractivity contribution is 9.10. The molecule has 24 heavy (non-hydrogen) atoms. The van der Waals surface area contributed by atoms with Crippen molar-refractivity contribution in [3.63, 3.8) is 0 Å². The first-order chi connectivity index (χ1) is 11.6. The van der Waals surface area contributed by atoms with E-state index < -0.39 is 0 Å². The lowest BCUT2D eigenvalue weighted by atomic mass is 9.84. The van der Waals surface area contributed by atoms with Crippen molar-refractivity contribution in [2.45, 2.75) is 12.3 Å². The molecular formula is C19H14BrNO3. The van der Waals surface area contributed by atoms with Crippen LogP contribution in [0.25, 0.3) is 0 Å². The molecule has 5 heteroatoms. The Labute approximate surface area is 147 Å². The third-order valence-electron chi connectivity index (χ3n) is 4.39. The van der Waals surface area contributed by atoms with Gasteiger partial charge in [-0.05, 0) is 23.8 Å². The predicted molar refractivity (Wildman–Crippen MR) is 93.4 cm³/mol. The van der Waals surface area contributed by atoms with Crippen molar-refractivity contribution < 1.29 is 14.3 Å². The quantitative estimate of drug-likeness (QED) is 0.741. The molecule has 2 heterocycles. The van der Waals surface area contributed by atoms with E-state index in [0.717, 1.165) is 15.7 Å². The summed E-state index contributed by atoms with van der Waals surface area (Å²) in [7, 11) is 0. The highest BCUT2D eigenvalue weighted by atomic mass is 79.9. The molecule has 1 atom stereocenters. The number of carbonyl (C=O) groups is 2. The Kier molecular flexibility index (Phi) is 3.73. The van der Waals surface area contributed by atoms with Gasteiger partial charge >= 0.3 is 5.97 Å². The van der Waals surface area contributed by atoms with Crippen LogP contribution in [0.1, 0.15) is 17.9 Å². The van der Waals surface area contributed by atoms with Crippen LogP contribution in [0.3, 0.4) is 0 Å². The van der Waals surface area contributed by atoms with Crippen LogP contribution in [0.15, 0.2) is 70.3 Å². The van der Waals surface area contributed by atoms with Crippen molar-refractivity contribution in [3.05, 3.63) is 75.9 Å². The van der Waals surface area contributed by atoms with Gasteiger partial charge in [0.2, 0.25) is 5.91 Å². The minimum absolute atomic E-state index is 0.0287. The lowest BCUT2D eigenvalue weighted by Gasteiger charge is -2.32. The topological polar surface area (TPSA) is 46.6 Å². The monoisotopic (exact) mass is 383 g/mol. The molecule has 2 aliphatic heterocycles. The van der Waals surface area contributed by atoms with Gasteiger partial charge in [0.05, 0.1) is 11.3 Å². The second-order valence-corrected chi connectivity index (χ2v) is 6.73. The number of hydrogen-bond acceptors (Lipinski definition) is 3. The number of rotatable bonds is 2. The van der Waals surface area contributed by atoms with E-state index in [1.54, 1.807) is 4.90 Å². The van der Waals surface area contributed by atoms with E-state index in [-0.39, 0.29) is 30.8 Å². The highest BCUT2D eigenvalue weighted by Gasteiger charge is 2.42. The molecule has 2 aromatic carbocycles. The van der Waals surface area contributed by atoms with Gasteiger partial charge in [0, 0.05) is 22.5 Å². The van der Waals surface area contributed by atoms with E-state index >= 15 is 0 Å². The molecule has 2 aliphatic rings. The van der Waals surface area contributed by atoms with Crippen LogP contribution in [0, 0.1) is 0 Å². The lowest BCUT2D eigenvalue weighted by molar-refractivity contribution is -0.136. The first-order valence-corrected chi connectivity index (χ1v) is 8.48. The van der Waals surface area contributed by atoms with Gasteiger partial charge in [-0.1, -0.05) is 52.3 Å². The molecule has 0 saturated heterocycles. The average molecular weight is 384 g/mol. The Hall–Kier alpha value is -2.40. The average Bonchev–Trinajstić information content (AvgIpc) is 2.96. The van der Waals surface area contributed by atoms with Gasteiger partial charge in [0.1, 0.15) is 6.61 Å². The van der Waals surface area contributed by atoms with Gasteiger partial charge in [-0.3, -0.25) is 9.69 Å². The minimum atomic E-state index is -0.327. The van der Waals surface area contributed by atoms with Crippen LogP contribution in [0.5, 0.6) is 0 Å². The molecule has 0 N–H and O–H groups in total. The fourth-order valence-corrected chi connectivity index (χ4v) is 3.73. The molecule has 0 bridgehead atoms.